The van der Waals surface area contributed by atoms with E-state index in [9.17, 15) is 15.0 Å². The molecule has 0 bridgehead atoms. The van der Waals surface area contributed by atoms with E-state index < -0.39 is 17.6 Å². The topological polar surface area (TPSA) is 69.6 Å². The number of aliphatic hydroxyl groups excluding tert-OH is 1. The number of nitrogens with one attached hydrogen (secondary N) is 1. The first-order chi connectivity index (χ1) is 8.94. The van der Waals surface area contributed by atoms with Crippen molar-refractivity contribution in [3.8, 4) is 0 Å². The molecule has 0 aromatic heterocycles. The highest BCUT2D eigenvalue weighted by molar-refractivity contribution is 8.00. The van der Waals surface area contributed by atoms with Crippen LogP contribution in [0.4, 0.5) is 0 Å². The SMILES string of the molecule is CNC(CSC(C)C(C)O)(C(=O)O)c1ccccc1. The maximum Gasteiger partial charge on any atom is 0.329 e. The summed E-state index contributed by atoms with van der Waals surface area (Å²) in [5.74, 6) is -0.555. The fraction of sp³-hybridized carbons (Fsp3) is 0.500. The van der Waals surface area contributed by atoms with E-state index in [1.54, 1.807) is 26.1 Å². The summed E-state index contributed by atoms with van der Waals surface area (Å²) in [6.07, 6.45) is -0.468. The van der Waals surface area contributed by atoms with Crippen LogP contribution >= 0.6 is 11.8 Å². The van der Waals surface area contributed by atoms with E-state index in [0.717, 1.165) is 5.56 Å². The summed E-state index contributed by atoms with van der Waals surface area (Å²) in [6.45, 7) is 3.60. The van der Waals surface area contributed by atoms with E-state index in [1.807, 2.05) is 25.1 Å². The Morgan fingerprint density at radius 2 is 1.95 bits per heavy atom. The van der Waals surface area contributed by atoms with Crippen LogP contribution in [0.15, 0.2) is 30.3 Å². The first-order valence-electron chi connectivity index (χ1n) is 6.21. The molecule has 0 fully saturated rings. The molecule has 1 rings (SSSR count). The smallest absolute Gasteiger partial charge is 0.329 e. The van der Waals surface area contributed by atoms with Gasteiger partial charge in [0.15, 0.2) is 5.54 Å². The number of thioether (sulfide) groups is 1. The number of rotatable bonds is 7. The van der Waals surface area contributed by atoms with Gasteiger partial charge in [-0.25, -0.2) is 4.79 Å². The van der Waals surface area contributed by atoms with Crippen LogP contribution in [0, 0.1) is 0 Å². The highest BCUT2D eigenvalue weighted by atomic mass is 32.2. The average molecular weight is 283 g/mol. The van der Waals surface area contributed by atoms with Gasteiger partial charge in [0, 0.05) is 11.0 Å². The number of hydrogen-bond acceptors (Lipinski definition) is 4. The summed E-state index contributed by atoms with van der Waals surface area (Å²) in [5.41, 5.74) is -0.412. The van der Waals surface area contributed by atoms with Gasteiger partial charge in [-0.2, -0.15) is 11.8 Å². The third kappa shape index (κ3) is 3.72. The molecule has 0 aliphatic carbocycles. The maximum atomic E-state index is 11.7. The number of aliphatic hydroxyl groups is 1. The summed E-state index contributed by atoms with van der Waals surface area (Å²) in [4.78, 5) is 11.7. The third-order valence-corrected chi connectivity index (χ3v) is 4.82. The largest absolute Gasteiger partial charge is 0.480 e. The second kappa shape index (κ2) is 6.93. The summed E-state index contributed by atoms with van der Waals surface area (Å²) in [7, 11) is 1.65. The van der Waals surface area contributed by atoms with Crippen LogP contribution in [0.3, 0.4) is 0 Å². The van der Waals surface area contributed by atoms with Crippen LogP contribution in [-0.4, -0.2) is 40.3 Å². The van der Waals surface area contributed by atoms with Crippen molar-refractivity contribution in [3.63, 3.8) is 0 Å². The second-order valence-electron chi connectivity index (χ2n) is 4.58. The van der Waals surface area contributed by atoms with Crippen LogP contribution in [0.25, 0.3) is 0 Å². The summed E-state index contributed by atoms with van der Waals surface area (Å²) in [6, 6.07) is 9.12. The van der Waals surface area contributed by atoms with E-state index in [4.69, 9.17) is 0 Å². The monoisotopic (exact) mass is 283 g/mol. The van der Waals surface area contributed by atoms with Crippen molar-refractivity contribution in [2.45, 2.75) is 30.7 Å². The molecule has 0 aliphatic heterocycles. The molecule has 4 nitrogen and oxygen atoms in total. The minimum Gasteiger partial charge on any atom is -0.480 e. The molecule has 3 N–H and O–H groups in total. The summed E-state index contributed by atoms with van der Waals surface area (Å²) in [5, 5.41) is 22.0. The van der Waals surface area contributed by atoms with Crippen LogP contribution in [0.2, 0.25) is 0 Å². The average Bonchev–Trinajstić information content (AvgIpc) is 2.40. The zero-order valence-corrected chi connectivity index (χ0v) is 12.3. The van der Waals surface area contributed by atoms with Gasteiger partial charge in [0.2, 0.25) is 0 Å². The molecule has 1 aromatic rings. The van der Waals surface area contributed by atoms with E-state index in [0.29, 0.717) is 5.75 Å². The molecule has 0 radical (unpaired) electrons. The molecule has 0 saturated heterocycles. The Hall–Kier alpha value is -1.04. The number of likely N-dealkylation sites (N-methyl/N-ethyl adjacent to an activating group) is 1. The molecule has 3 unspecified atom stereocenters. The Morgan fingerprint density at radius 1 is 1.37 bits per heavy atom. The Bertz CT molecular complexity index is 410. The second-order valence-corrected chi connectivity index (χ2v) is 5.95. The molecule has 1 aromatic carbocycles. The van der Waals surface area contributed by atoms with E-state index in [2.05, 4.69) is 5.32 Å². The van der Waals surface area contributed by atoms with Crippen molar-refractivity contribution < 1.29 is 15.0 Å². The zero-order valence-electron chi connectivity index (χ0n) is 11.5. The van der Waals surface area contributed by atoms with Crippen molar-refractivity contribution >= 4 is 17.7 Å². The highest BCUT2D eigenvalue weighted by Gasteiger charge is 2.39. The molecule has 5 heteroatoms. The predicted molar refractivity (Wildman–Crippen MR) is 78.4 cm³/mol. The van der Waals surface area contributed by atoms with Crippen LogP contribution in [-0.2, 0) is 10.3 Å². The lowest BCUT2D eigenvalue weighted by Crippen LogP contribution is -2.50. The first-order valence-corrected chi connectivity index (χ1v) is 7.26. The molecular weight excluding hydrogens is 262 g/mol. The Kier molecular flexibility index (Phi) is 5.85. The zero-order chi connectivity index (χ0) is 14.5. The van der Waals surface area contributed by atoms with Crippen LogP contribution in [0.1, 0.15) is 19.4 Å². The minimum absolute atomic E-state index is 0.0178. The van der Waals surface area contributed by atoms with Gasteiger partial charge in [-0.05, 0) is 19.5 Å². The quantitative estimate of drug-likeness (QED) is 0.710. The van der Waals surface area contributed by atoms with Gasteiger partial charge in [-0.3, -0.25) is 0 Å². The molecular formula is C14H21NO3S. The fourth-order valence-electron chi connectivity index (χ4n) is 1.71. The number of hydrogen-bond donors (Lipinski definition) is 3. The van der Waals surface area contributed by atoms with Crippen LogP contribution < -0.4 is 5.32 Å². The highest BCUT2D eigenvalue weighted by Crippen LogP contribution is 2.28. The van der Waals surface area contributed by atoms with Gasteiger partial charge in [0.1, 0.15) is 0 Å². The lowest BCUT2D eigenvalue weighted by Gasteiger charge is -2.30. The van der Waals surface area contributed by atoms with Crippen molar-refractivity contribution in [1.82, 2.24) is 5.32 Å². The minimum atomic E-state index is -1.13. The standard InChI is InChI=1S/C14H21NO3S/c1-10(16)11(2)19-9-14(15-3,13(17)18)12-7-5-4-6-8-12/h4-8,10-11,15-16H,9H2,1-3H3,(H,17,18). The van der Waals surface area contributed by atoms with Gasteiger partial charge in [0.25, 0.3) is 0 Å². The Balaban J connectivity index is 2.98. The molecule has 0 aliphatic rings. The molecule has 0 amide bonds. The van der Waals surface area contributed by atoms with Gasteiger partial charge >= 0.3 is 5.97 Å². The third-order valence-electron chi connectivity index (χ3n) is 3.30. The van der Waals surface area contributed by atoms with Gasteiger partial charge in [0.05, 0.1) is 6.10 Å². The first kappa shape index (κ1) is 16.0. The number of benzene rings is 1. The van der Waals surface area contributed by atoms with Crippen molar-refractivity contribution in [2.75, 3.05) is 12.8 Å². The molecule has 106 valence electrons. The molecule has 0 heterocycles. The van der Waals surface area contributed by atoms with Crippen molar-refractivity contribution in [3.05, 3.63) is 35.9 Å². The molecule has 19 heavy (non-hydrogen) atoms. The predicted octanol–water partition coefficient (Wildman–Crippen LogP) is 1.69. The Morgan fingerprint density at radius 3 is 2.37 bits per heavy atom. The lowest BCUT2D eigenvalue weighted by atomic mass is 9.92. The normalized spacial score (nSPS) is 17.5. The van der Waals surface area contributed by atoms with Crippen molar-refractivity contribution in [2.24, 2.45) is 0 Å². The maximum absolute atomic E-state index is 11.7. The van der Waals surface area contributed by atoms with Crippen LogP contribution in [0.5, 0.6) is 0 Å². The molecule has 3 atom stereocenters. The summed E-state index contributed by atoms with van der Waals surface area (Å²) >= 11 is 1.45. The van der Waals surface area contributed by atoms with Gasteiger partial charge in [-0.15, -0.1) is 0 Å². The number of carboxylic acids is 1. The number of aliphatic carboxylic acids is 1. The van der Waals surface area contributed by atoms with Gasteiger partial charge < -0.3 is 15.5 Å². The lowest BCUT2D eigenvalue weighted by molar-refractivity contribution is -0.144. The van der Waals surface area contributed by atoms with E-state index >= 15 is 0 Å². The molecule has 0 saturated carbocycles. The number of carbonyl (C=O) groups is 1. The fourth-order valence-corrected chi connectivity index (χ4v) is 2.94. The summed E-state index contributed by atoms with van der Waals surface area (Å²) < 4.78 is 0. The number of carboxylic acid groups (broad SMARTS) is 1. The van der Waals surface area contributed by atoms with Gasteiger partial charge in [-0.1, -0.05) is 37.3 Å². The Labute approximate surface area is 118 Å². The molecule has 0 spiro atoms. The van der Waals surface area contributed by atoms with E-state index in [-0.39, 0.29) is 5.25 Å². The van der Waals surface area contributed by atoms with Crippen molar-refractivity contribution in [1.29, 1.82) is 0 Å². The van der Waals surface area contributed by atoms with E-state index in [1.165, 1.54) is 11.8 Å².